The Morgan fingerprint density at radius 3 is 2.39 bits per heavy atom. The van der Waals surface area contributed by atoms with Crippen molar-refractivity contribution < 1.29 is 21.6 Å². The molecular formula is C24H24Cl2F3N3O3S. The largest absolute Gasteiger partial charge is 0.416 e. The summed E-state index contributed by atoms with van der Waals surface area (Å²) < 4.78 is 68.3. The van der Waals surface area contributed by atoms with Gasteiger partial charge in [-0.25, -0.2) is 13.4 Å². The van der Waals surface area contributed by atoms with Crippen LogP contribution in [0.2, 0.25) is 10.0 Å². The number of nitrogens with zero attached hydrogens (tertiary/aromatic N) is 3. The molecule has 1 fully saturated rings. The van der Waals surface area contributed by atoms with Gasteiger partial charge in [-0.2, -0.15) is 13.2 Å². The van der Waals surface area contributed by atoms with Gasteiger partial charge >= 0.3 is 6.18 Å². The maximum absolute atomic E-state index is 14.1. The number of piperidine rings is 1. The fourth-order valence-electron chi connectivity index (χ4n) is 4.48. The molecule has 36 heavy (non-hydrogen) atoms. The second-order valence-electron chi connectivity index (χ2n) is 8.78. The molecule has 1 aliphatic heterocycles. The lowest BCUT2D eigenvalue weighted by Crippen LogP contribution is -2.30. The monoisotopic (exact) mass is 561 g/mol. The Morgan fingerprint density at radius 1 is 1.06 bits per heavy atom. The first kappa shape index (κ1) is 26.9. The van der Waals surface area contributed by atoms with Gasteiger partial charge in [0, 0.05) is 11.6 Å². The van der Waals surface area contributed by atoms with Crippen molar-refractivity contribution in [2.45, 2.75) is 50.3 Å². The topological polar surface area (TPSA) is 72.3 Å². The van der Waals surface area contributed by atoms with Crippen molar-refractivity contribution >= 4 is 43.9 Å². The van der Waals surface area contributed by atoms with Crippen LogP contribution in [-0.2, 0) is 29.1 Å². The SMILES string of the molecule is CCS(=O)(=O)c1ccc(Cl)cc1Cn1cnc2c(Cl)c(CN3CCCCC3)c(C(F)(F)F)cc2c1=O. The maximum Gasteiger partial charge on any atom is 0.416 e. The van der Waals surface area contributed by atoms with E-state index in [2.05, 4.69) is 4.98 Å². The van der Waals surface area contributed by atoms with Crippen LogP contribution in [0.3, 0.4) is 0 Å². The lowest BCUT2D eigenvalue weighted by molar-refractivity contribution is -0.138. The minimum atomic E-state index is -4.73. The van der Waals surface area contributed by atoms with E-state index in [0.29, 0.717) is 13.1 Å². The lowest BCUT2D eigenvalue weighted by Gasteiger charge is -2.28. The Labute approximate surface area is 216 Å². The highest BCUT2D eigenvalue weighted by molar-refractivity contribution is 7.91. The minimum Gasteiger partial charge on any atom is -0.299 e. The molecule has 1 saturated heterocycles. The number of rotatable bonds is 6. The molecule has 0 radical (unpaired) electrons. The standard InChI is InChI=1S/C24H24Cl2F3N3O3S/c1-2-36(34,35)20-7-6-16(25)10-15(20)12-32-14-30-22-17(23(32)33)11-19(24(27,28)29)18(21(22)26)13-31-8-4-3-5-9-31/h6-7,10-11,14H,2-5,8-9,12-13H2,1H3. The molecule has 12 heteroatoms. The molecule has 0 saturated carbocycles. The number of aromatic nitrogens is 2. The normalized spacial score (nSPS) is 15.5. The molecule has 0 unspecified atom stereocenters. The summed E-state index contributed by atoms with van der Waals surface area (Å²) in [5, 5.41) is -0.239. The molecule has 2 heterocycles. The van der Waals surface area contributed by atoms with Gasteiger partial charge < -0.3 is 0 Å². The molecule has 4 rings (SSSR count). The first-order chi connectivity index (χ1) is 16.9. The lowest BCUT2D eigenvalue weighted by atomic mass is 10.0. The smallest absolute Gasteiger partial charge is 0.299 e. The van der Waals surface area contributed by atoms with Crippen LogP contribution in [0, 0.1) is 0 Å². The Kier molecular flexibility index (Phi) is 7.71. The van der Waals surface area contributed by atoms with Gasteiger partial charge in [-0.15, -0.1) is 0 Å². The van der Waals surface area contributed by atoms with Gasteiger partial charge in [-0.3, -0.25) is 14.3 Å². The molecular weight excluding hydrogens is 538 g/mol. The van der Waals surface area contributed by atoms with Gasteiger partial charge in [0.1, 0.15) is 0 Å². The van der Waals surface area contributed by atoms with E-state index in [1.807, 2.05) is 4.90 Å². The summed E-state index contributed by atoms with van der Waals surface area (Å²) in [5.74, 6) is -0.170. The fraction of sp³-hybridized carbons (Fsp3) is 0.417. The van der Waals surface area contributed by atoms with Gasteiger partial charge in [-0.1, -0.05) is 36.5 Å². The predicted molar refractivity (Wildman–Crippen MR) is 133 cm³/mol. The molecule has 0 amide bonds. The highest BCUT2D eigenvalue weighted by Gasteiger charge is 2.36. The third kappa shape index (κ3) is 5.41. The molecule has 2 aromatic carbocycles. The summed E-state index contributed by atoms with van der Waals surface area (Å²) in [4.78, 5) is 19.4. The summed E-state index contributed by atoms with van der Waals surface area (Å²) in [6, 6.07) is 4.99. The van der Waals surface area contributed by atoms with Crippen molar-refractivity contribution in [3.8, 4) is 0 Å². The predicted octanol–water partition coefficient (Wildman–Crippen LogP) is 5.55. The zero-order chi connectivity index (χ0) is 26.3. The number of halogens is 5. The van der Waals surface area contributed by atoms with Crippen molar-refractivity contribution in [3.63, 3.8) is 0 Å². The molecule has 6 nitrogen and oxygen atoms in total. The quantitative estimate of drug-likeness (QED) is 0.394. The third-order valence-electron chi connectivity index (χ3n) is 6.37. The van der Waals surface area contributed by atoms with Gasteiger partial charge in [0.2, 0.25) is 0 Å². The Morgan fingerprint density at radius 2 is 1.75 bits per heavy atom. The van der Waals surface area contributed by atoms with Crippen molar-refractivity contribution in [2.24, 2.45) is 0 Å². The third-order valence-corrected chi connectivity index (χ3v) is 8.84. The number of hydrogen-bond acceptors (Lipinski definition) is 5. The fourth-order valence-corrected chi connectivity index (χ4v) is 6.09. The number of likely N-dealkylation sites (tertiary alicyclic amines) is 1. The number of benzene rings is 2. The van der Waals surface area contributed by atoms with Crippen LogP contribution < -0.4 is 5.56 Å². The van der Waals surface area contributed by atoms with E-state index in [4.69, 9.17) is 23.2 Å². The zero-order valence-corrected chi connectivity index (χ0v) is 21.7. The van der Waals surface area contributed by atoms with Crippen LogP contribution in [-0.4, -0.2) is 41.7 Å². The van der Waals surface area contributed by atoms with Crippen molar-refractivity contribution in [3.05, 3.63) is 67.7 Å². The van der Waals surface area contributed by atoms with Crippen molar-refractivity contribution in [1.29, 1.82) is 0 Å². The molecule has 0 spiro atoms. The molecule has 1 aliphatic rings. The van der Waals surface area contributed by atoms with Crippen LogP contribution in [0.5, 0.6) is 0 Å². The molecule has 1 aromatic heterocycles. The van der Waals surface area contributed by atoms with E-state index in [1.165, 1.54) is 25.1 Å². The van der Waals surface area contributed by atoms with Crippen LogP contribution in [0.1, 0.15) is 42.9 Å². The number of fused-ring (bicyclic) bond motifs is 1. The molecule has 194 valence electrons. The van der Waals surface area contributed by atoms with E-state index in [9.17, 15) is 26.4 Å². The van der Waals surface area contributed by atoms with Gasteiger partial charge in [0.25, 0.3) is 5.56 Å². The summed E-state index contributed by atoms with van der Waals surface area (Å²) in [7, 11) is -3.64. The zero-order valence-electron chi connectivity index (χ0n) is 19.4. The molecule has 0 aliphatic carbocycles. The van der Waals surface area contributed by atoms with Crippen LogP contribution in [0.4, 0.5) is 13.2 Å². The molecule has 3 aromatic rings. The second kappa shape index (κ2) is 10.3. The number of hydrogen-bond donors (Lipinski definition) is 0. The van der Waals surface area contributed by atoms with Gasteiger partial charge in [0.15, 0.2) is 9.84 Å². The number of sulfone groups is 1. The molecule has 0 N–H and O–H groups in total. The van der Waals surface area contributed by atoms with E-state index in [0.717, 1.165) is 36.2 Å². The van der Waals surface area contributed by atoms with Gasteiger partial charge in [-0.05, 0) is 61.3 Å². The Balaban J connectivity index is 1.84. The molecule has 0 atom stereocenters. The summed E-state index contributed by atoms with van der Waals surface area (Å²) in [6.07, 6.45) is -0.740. The Bertz CT molecular complexity index is 1470. The van der Waals surface area contributed by atoms with Gasteiger partial charge in [0.05, 0.1) is 45.0 Å². The highest BCUT2D eigenvalue weighted by Crippen LogP contribution is 2.39. The highest BCUT2D eigenvalue weighted by atomic mass is 35.5. The van der Waals surface area contributed by atoms with E-state index in [1.54, 1.807) is 0 Å². The molecule has 0 bridgehead atoms. The van der Waals surface area contributed by atoms with Crippen LogP contribution >= 0.6 is 23.2 Å². The van der Waals surface area contributed by atoms with Crippen LogP contribution in [0.25, 0.3) is 10.9 Å². The average Bonchev–Trinajstić information content (AvgIpc) is 2.82. The first-order valence-corrected chi connectivity index (χ1v) is 13.8. The number of alkyl halides is 3. The van der Waals surface area contributed by atoms with Crippen molar-refractivity contribution in [2.75, 3.05) is 18.8 Å². The minimum absolute atomic E-state index is 0.00714. The van der Waals surface area contributed by atoms with Crippen molar-refractivity contribution in [1.82, 2.24) is 14.5 Å². The summed E-state index contributed by atoms with van der Waals surface area (Å²) >= 11 is 12.5. The van der Waals surface area contributed by atoms with E-state index >= 15 is 0 Å². The van der Waals surface area contributed by atoms with Crippen LogP contribution in [0.15, 0.2) is 40.3 Å². The second-order valence-corrected chi connectivity index (χ2v) is 11.8. The summed E-state index contributed by atoms with van der Waals surface area (Å²) in [5.41, 5.74) is -1.63. The summed E-state index contributed by atoms with van der Waals surface area (Å²) in [6.45, 7) is 2.59. The first-order valence-electron chi connectivity index (χ1n) is 11.4. The average molecular weight is 562 g/mol. The van der Waals surface area contributed by atoms with E-state index in [-0.39, 0.29) is 55.8 Å². The maximum atomic E-state index is 14.1. The Hall–Kier alpha value is -2.14. The van der Waals surface area contributed by atoms with E-state index < -0.39 is 27.1 Å².